The summed E-state index contributed by atoms with van der Waals surface area (Å²) in [6.07, 6.45) is 1.60. The normalized spacial score (nSPS) is 10.5. The SMILES string of the molecule is O=C(COC(=O)c1cc(Br)c[nH]1)NCc1ccc(-c2ccc(Cl)cc2)o1. The van der Waals surface area contributed by atoms with Crippen molar-refractivity contribution in [2.24, 2.45) is 0 Å². The molecule has 2 N–H and O–H groups in total. The van der Waals surface area contributed by atoms with Crippen molar-refractivity contribution in [1.29, 1.82) is 0 Å². The topological polar surface area (TPSA) is 84.3 Å². The molecule has 8 heteroatoms. The molecule has 0 spiro atoms. The number of hydrogen-bond donors (Lipinski definition) is 2. The van der Waals surface area contributed by atoms with Crippen LogP contribution in [0.5, 0.6) is 0 Å². The highest BCUT2D eigenvalue weighted by Gasteiger charge is 2.12. The first-order valence-corrected chi connectivity index (χ1v) is 8.81. The molecule has 26 heavy (non-hydrogen) atoms. The maximum absolute atomic E-state index is 11.8. The number of aromatic nitrogens is 1. The van der Waals surface area contributed by atoms with Crippen molar-refractivity contribution in [2.75, 3.05) is 6.61 Å². The number of aromatic amines is 1. The number of rotatable bonds is 6. The number of amides is 1. The number of furan rings is 1. The van der Waals surface area contributed by atoms with Gasteiger partial charge in [-0.15, -0.1) is 0 Å². The van der Waals surface area contributed by atoms with Gasteiger partial charge in [-0.05, 0) is 58.4 Å². The van der Waals surface area contributed by atoms with Crippen LogP contribution in [0.4, 0.5) is 0 Å². The molecule has 3 rings (SSSR count). The average molecular weight is 438 g/mol. The van der Waals surface area contributed by atoms with E-state index in [1.54, 1.807) is 30.5 Å². The Bertz CT molecular complexity index is 917. The molecule has 0 bridgehead atoms. The van der Waals surface area contributed by atoms with Gasteiger partial charge in [-0.3, -0.25) is 4.79 Å². The molecule has 0 aliphatic heterocycles. The van der Waals surface area contributed by atoms with E-state index in [0.29, 0.717) is 16.5 Å². The third-order valence-corrected chi connectivity index (χ3v) is 4.16. The van der Waals surface area contributed by atoms with Gasteiger partial charge in [-0.25, -0.2) is 4.79 Å². The number of carbonyl (C=O) groups excluding carboxylic acids is 2. The first-order valence-electron chi connectivity index (χ1n) is 7.63. The van der Waals surface area contributed by atoms with E-state index >= 15 is 0 Å². The van der Waals surface area contributed by atoms with Crippen molar-refractivity contribution < 1.29 is 18.7 Å². The zero-order valence-corrected chi connectivity index (χ0v) is 15.8. The minimum Gasteiger partial charge on any atom is -0.459 e. The maximum atomic E-state index is 11.8. The van der Waals surface area contributed by atoms with Crippen molar-refractivity contribution in [1.82, 2.24) is 10.3 Å². The number of benzene rings is 1. The lowest BCUT2D eigenvalue weighted by molar-refractivity contribution is -0.124. The first-order chi connectivity index (χ1) is 12.5. The van der Waals surface area contributed by atoms with Crippen LogP contribution < -0.4 is 5.32 Å². The maximum Gasteiger partial charge on any atom is 0.355 e. The lowest BCUT2D eigenvalue weighted by Gasteiger charge is -2.04. The van der Waals surface area contributed by atoms with E-state index in [2.05, 4.69) is 26.2 Å². The molecule has 1 amide bonds. The summed E-state index contributed by atoms with van der Waals surface area (Å²) in [5.41, 5.74) is 1.15. The van der Waals surface area contributed by atoms with Gasteiger partial charge >= 0.3 is 5.97 Å². The number of esters is 1. The smallest absolute Gasteiger partial charge is 0.355 e. The predicted octanol–water partition coefficient (Wildman–Crippen LogP) is 4.16. The molecule has 0 fully saturated rings. The Kier molecular flexibility index (Phi) is 5.80. The van der Waals surface area contributed by atoms with Crippen LogP contribution in [-0.4, -0.2) is 23.5 Å². The lowest BCUT2D eigenvalue weighted by Crippen LogP contribution is -2.28. The van der Waals surface area contributed by atoms with Crippen LogP contribution in [0.1, 0.15) is 16.2 Å². The van der Waals surface area contributed by atoms with E-state index in [-0.39, 0.29) is 18.8 Å². The quantitative estimate of drug-likeness (QED) is 0.567. The molecule has 0 radical (unpaired) electrons. The Labute approximate surface area is 162 Å². The number of hydrogen-bond acceptors (Lipinski definition) is 4. The second kappa shape index (κ2) is 8.25. The van der Waals surface area contributed by atoms with Gasteiger partial charge < -0.3 is 19.5 Å². The summed E-state index contributed by atoms with van der Waals surface area (Å²) in [5, 5.41) is 3.28. The van der Waals surface area contributed by atoms with Crippen molar-refractivity contribution in [3.8, 4) is 11.3 Å². The van der Waals surface area contributed by atoms with Crippen LogP contribution in [-0.2, 0) is 16.1 Å². The molecule has 0 atom stereocenters. The summed E-state index contributed by atoms with van der Waals surface area (Å²) in [6.45, 7) is -0.182. The summed E-state index contributed by atoms with van der Waals surface area (Å²) >= 11 is 9.08. The Hall–Kier alpha value is -2.51. The molecular formula is C18H14BrClN2O4. The van der Waals surface area contributed by atoms with E-state index in [1.807, 2.05) is 18.2 Å². The number of ether oxygens (including phenoxy) is 1. The van der Waals surface area contributed by atoms with E-state index in [9.17, 15) is 9.59 Å². The molecular weight excluding hydrogens is 424 g/mol. The van der Waals surface area contributed by atoms with Gasteiger partial charge in [0.1, 0.15) is 17.2 Å². The Morgan fingerprint density at radius 1 is 1.19 bits per heavy atom. The van der Waals surface area contributed by atoms with E-state index in [1.165, 1.54) is 0 Å². The Morgan fingerprint density at radius 3 is 2.65 bits per heavy atom. The summed E-state index contributed by atoms with van der Waals surface area (Å²) < 4.78 is 11.3. The average Bonchev–Trinajstić information content (AvgIpc) is 3.27. The monoisotopic (exact) mass is 436 g/mol. The van der Waals surface area contributed by atoms with Gasteiger partial charge in [0, 0.05) is 21.3 Å². The largest absolute Gasteiger partial charge is 0.459 e. The van der Waals surface area contributed by atoms with Crippen LogP contribution in [0.2, 0.25) is 5.02 Å². The minimum atomic E-state index is -0.603. The number of halogens is 2. The number of carbonyl (C=O) groups is 2. The van der Waals surface area contributed by atoms with Gasteiger partial charge in [-0.2, -0.15) is 0 Å². The van der Waals surface area contributed by atoms with E-state index < -0.39 is 11.9 Å². The Balaban J connectivity index is 1.47. The molecule has 1 aromatic carbocycles. The molecule has 134 valence electrons. The molecule has 0 saturated carbocycles. The fourth-order valence-corrected chi connectivity index (χ4v) is 2.64. The van der Waals surface area contributed by atoms with Crippen molar-refractivity contribution >= 4 is 39.4 Å². The molecule has 0 saturated heterocycles. The highest BCUT2D eigenvalue weighted by molar-refractivity contribution is 9.10. The predicted molar refractivity (Wildman–Crippen MR) is 99.8 cm³/mol. The van der Waals surface area contributed by atoms with Crippen molar-refractivity contribution in [2.45, 2.75) is 6.54 Å². The standard InChI is InChI=1S/C18H14BrClN2O4/c19-12-7-15(21-8-12)18(24)25-10-17(23)22-9-14-5-6-16(26-14)11-1-3-13(20)4-2-11/h1-8,21H,9-10H2,(H,22,23). The molecule has 3 aromatic rings. The van der Waals surface area contributed by atoms with Gasteiger partial charge in [0.2, 0.25) is 0 Å². The third kappa shape index (κ3) is 4.77. The van der Waals surface area contributed by atoms with Crippen LogP contribution in [0, 0.1) is 0 Å². The summed E-state index contributed by atoms with van der Waals surface area (Å²) in [7, 11) is 0. The highest BCUT2D eigenvalue weighted by atomic mass is 79.9. The summed E-state index contributed by atoms with van der Waals surface area (Å²) in [5.74, 6) is 0.236. The van der Waals surface area contributed by atoms with Crippen molar-refractivity contribution in [3.05, 3.63) is 69.6 Å². The summed E-state index contributed by atoms with van der Waals surface area (Å²) in [6, 6.07) is 12.4. The fourth-order valence-electron chi connectivity index (χ4n) is 2.17. The minimum absolute atomic E-state index is 0.192. The number of nitrogens with one attached hydrogen (secondary N) is 2. The second-order valence-corrected chi connectivity index (χ2v) is 6.71. The molecule has 2 aromatic heterocycles. The number of H-pyrrole nitrogens is 1. The van der Waals surface area contributed by atoms with Crippen LogP contribution >= 0.6 is 27.5 Å². The molecule has 6 nitrogen and oxygen atoms in total. The highest BCUT2D eigenvalue weighted by Crippen LogP contribution is 2.23. The zero-order valence-electron chi connectivity index (χ0n) is 13.4. The lowest BCUT2D eigenvalue weighted by atomic mass is 10.2. The van der Waals surface area contributed by atoms with Crippen LogP contribution in [0.3, 0.4) is 0 Å². The first kappa shape index (κ1) is 18.3. The second-order valence-electron chi connectivity index (χ2n) is 5.36. The van der Waals surface area contributed by atoms with Gasteiger partial charge in [0.05, 0.1) is 6.54 Å². The molecule has 0 aliphatic carbocycles. The van der Waals surface area contributed by atoms with E-state index in [0.717, 1.165) is 10.0 Å². The zero-order chi connectivity index (χ0) is 18.5. The van der Waals surface area contributed by atoms with Gasteiger partial charge in [0.25, 0.3) is 5.91 Å². The van der Waals surface area contributed by atoms with E-state index in [4.69, 9.17) is 20.8 Å². The molecule has 0 aliphatic rings. The molecule has 2 heterocycles. The van der Waals surface area contributed by atoms with Crippen LogP contribution in [0.25, 0.3) is 11.3 Å². The van der Waals surface area contributed by atoms with Crippen molar-refractivity contribution in [3.63, 3.8) is 0 Å². The fraction of sp³-hybridized carbons (Fsp3) is 0.111. The van der Waals surface area contributed by atoms with Crippen LogP contribution in [0.15, 0.2) is 57.6 Å². The Morgan fingerprint density at radius 2 is 1.96 bits per heavy atom. The van der Waals surface area contributed by atoms with Gasteiger partial charge in [-0.1, -0.05) is 11.6 Å². The summed E-state index contributed by atoms with van der Waals surface area (Å²) in [4.78, 5) is 26.3. The van der Waals surface area contributed by atoms with Gasteiger partial charge in [0.15, 0.2) is 6.61 Å². The molecule has 0 unspecified atom stereocenters. The third-order valence-electron chi connectivity index (χ3n) is 3.45.